The van der Waals surface area contributed by atoms with Gasteiger partial charge in [0, 0.05) is 0 Å². The molecule has 1 heterocycles. The number of amides is 1. The number of nitrogens with one attached hydrogen (secondary N) is 1. The second-order valence-electron chi connectivity index (χ2n) is 6.21. The second-order valence-corrected chi connectivity index (χ2v) is 6.21. The molecule has 1 aliphatic heterocycles. The van der Waals surface area contributed by atoms with Gasteiger partial charge in [0.2, 0.25) is 6.79 Å². The number of benzene rings is 2. The molecule has 1 atom stereocenters. The minimum Gasteiger partial charge on any atom is -0.494 e. The highest BCUT2D eigenvalue weighted by Gasteiger charge is 2.17. The Balaban J connectivity index is 1.47. The van der Waals surface area contributed by atoms with Crippen LogP contribution in [0, 0.1) is 5.82 Å². The smallest absolute Gasteiger partial charge is 0.310 e. The average Bonchev–Trinajstić information content (AvgIpc) is 3.14. The van der Waals surface area contributed by atoms with E-state index in [4.69, 9.17) is 18.9 Å². The van der Waals surface area contributed by atoms with E-state index in [1.54, 1.807) is 25.1 Å². The Labute approximate surface area is 161 Å². The molecule has 8 heteroatoms. The van der Waals surface area contributed by atoms with Gasteiger partial charge in [0.05, 0.1) is 19.6 Å². The van der Waals surface area contributed by atoms with Gasteiger partial charge in [0.1, 0.15) is 0 Å². The fourth-order valence-electron chi connectivity index (χ4n) is 2.73. The number of halogens is 1. The summed E-state index contributed by atoms with van der Waals surface area (Å²) in [5, 5.41) is 2.74. The first-order valence-electron chi connectivity index (χ1n) is 8.63. The molecule has 3 rings (SSSR count). The highest BCUT2D eigenvalue weighted by Crippen LogP contribution is 2.34. The van der Waals surface area contributed by atoms with Gasteiger partial charge in [0.15, 0.2) is 29.7 Å². The monoisotopic (exact) mass is 389 g/mol. The number of fused-ring (bicyclic) bond motifs is 1. The van der Waals surface area contributed by atoms with Crippen LogP contribution in [-0.2, 0) is 20.7 Å². The Bertz CT molecular complexity index is 885. The van der Waals surface area contributed by atoms with Crippen LogP contribution >= 0.6 is 0 Å². The van der Waals surface area contributed by atoms with E-state index in [0.717, 1.165) is 5.56 Å². The maximum Gasteiger partial charge on any atom is 0.310 e. The molecule has 1 aliphatic rings. The van der Waals surface area contributed by atoms with Crippen LogP contribution in [0.25, 0.3) is 0 Å². The molecule has 1 N–H and O–H groups in total. The van der Waals surface area contributed by atoms with Crippen LogP contribution in [-0.4, -0.2) is 32.4 Å². The molecule has 0 aliphatic carbocycles. The molecule has 0 unspecified atom stereocenters. The van der Waals surface area contributed by atoms with Gasteiger partial charge in [-0.15, -0.1) is 0 Å². The first-order valence-corrected chi connectivity index (χ1v) is 8.63. The fourth-order valence-corrected chi connectivity index (χ4v) is 2.73. The highest BCUT2D eigenvalue weighted by molar-refractivity contribution is 5.81. The van der Waals surface area contributed by atoms with Gasteiger partial charge in [-0.2, -0.15) is 0 Å². The first-order chi connectivity index (χ1) is 13.5. The number of hydrogen-bond acceptors (Lipinski definition) is 6. The fraction of sp³-hybridized carbons (Fsp3) is 0.300. The molecule has 28 heavy (non-hydrogen) atoms. The number of ether oxygens (including phenoxy) is 4. The van der Waals surface area contributed by atoms with Gasteiger partial charge >= 0.3 is 5.97 Å². The summed E-state index contributed by atoms with van der Waals surface area (Å²) in [6, 6.07) is 9.26. The van der Waals surface area contributed by atoms with Gasteiger partial charge in [0.25, 0.3) is 5.91 Å². The quantitative estimate of drug-likeness (QED) is 0.733. The Kier molecular flexibility index (Phi) is 5.98. The van der Waals surface area contributed by atoms with Gasteiger partial charge in [-0.3, -0.25) is 9.59 Å². The Morgan fingerprint density at radius 3 is 2.71 bits per heavy atom. The van der Waals surface area contributed by atoms with Crippen molar-refractivity contribution in [3.63, 3.8) is 0 Å². The predicted octanol–water partition coefficient (Wildman–Crippen LogP) is 2.53. The van der Waals surface area contributed by atoms with E-state index in [-0.39, 0.29) is 25.0 Å². The Morgan fingerprint density at radius 2 is 1.96 bits per heavy atom. The molecule has 1 amide bonds. The van der Waals surface area contributed by atoms with Crippen LogP contribution < -0.4 is 19.5 Å². The first kappa shape index (κ1) is 19.5. The summed E-state index contributed by atoms with van der Waals surface area (Å²) in [7, 11) is 1.36. The number of carbonyl (C=O) groups excluding carboxylic acids is 2. The van der Waals surface area contributed by atoms with Crippen molar-refractivity contribution < 1.29 is 32.9 Å². The zero-order valence-electron chi connectivity index (χ0n) is 15.5. The SMILES string of the molecule is COc1ccc(CC(=O)OCC(=O)N[C@H](C)c2ccc3c(c2)OCO3)cc1F. The number of methoxy groups -OCH3 is 1. The minimum absolute atomic E-state index is 0.0917. The van der Waals surface area contributed by atoms with E-state index in [1.165, 1.54) is 19.2 Å². The van der Waals surface area contributed by atoms with Crippen LogP contribution in [0.15, 0.2) is 36.4 Å². The Hall–Kier alpha value is -3.29. The van der Waals surface area contributed by atoms with Gasteiger partial charge < -0.3 is 24.3 Å². The lowest BCUT2D eigenvalue weighted by Crippen LogP contribution is -2.31. The summed E-state index contributed by atoms with van der Waals surface area (Å²) in [6.07, 6.45) is -0.147. The maximum absolute atomic E-state index is 13.6. The van der Waals surface area contributed by atoms with Crippen molar-refractivity contribution in [1.29, 1.82) is 0 Å². The van der Waals surface area contributed by atoms with Crippen LogP contribution in [0.1, 0.15) is 24.1 Å². The zero-order chi connectivity index (χ0) is 20.1. The van der Waals surface area contributed by atoms with Crippen molar-refractivity contribution in [3.8, 4) is 17.2 Å². The van der Waals surface area contributed by atoms with E-state index >= 15 is 0 Å². The van der Waals surface area contributed by atoms with Gasteiger partial charge in [-0.25, -0.2) is 4.39 Å². The third-order valence-electron chi connectivity index (χ3n) is 4.20. The number of esters is 1. The van der Waals surface area contributed by atoms with Crippen molar-refractivity contribution in [1.82, 2.24) is 5.32 Å². The van der Waals surface area contributed by atoms with E-state index in [0.29, 0.717) is 17.1 Å². The highest BCUT2D eigenvalue weighted by atomic mass is 19.1. The molecule has 0 radical (unpaired) electrons. The molecule has 7 nitrogen and oxygen atoms in total. The molecule has 0 spiro atoms. The lowest BCUT2D eigenvalue weighted by Gasteiger charge is -2.15. The lowest BCUT2D eigenvalue weighted by molar-refractivity contribution is -0.148. The van der Waals surface area contributed by atoms with Crippen molar-refractivity contribution in [3.05, 3.63) is 53.3 Å². The van der Waals surface area contributed by atoms with Crippen LogP contribution in [0.4, 0.5) is 4.39 Å². The number of hydrogen-bond donors (Lipinski definition) is 1. The third-order valence-corrected chi connectivity index (χ3v) is 4.20. The summed E-state index contributed by atoms with van der Waals surface area (Å²) in [4.78, 5) is 23.9. The Morgan fingerprint density at radius 1 is 1.18 bits per heavy atom. The van der Waals surface area contributed by atoms with E-state index in [9.17, 15) is 14.0 Å². The predicted molar refractivity (Wildman–Crippen MR) is 96.7 cm³/mol. The molecule has 148 valence electrons. The molecule has 0 bridgehead atoms. The average molecular weight is 389 g/mol. The van der Waals surface area contributed by atoms with Gasteiger partial charge in [-0.1, -0.05) is 12.1 Å². The standard InChI is InChI=1S/C20H20FNO6/c1-12(14-4-6-17-18(9-14)28-11-27-17)22-19(23)10-26-20(24)8-13-3-5-16(25-2)15(21)7-13/h3-7,9,12H,8,10-11H2,1-2H3,(H,22,23)/t12-/m1/s1. The zero-order valence-corrected chi connectivity index (χ0v) is 15.5. The van der Waals surface area contributed by atoms with Crippen molar-refractivity contribution in [2.75, 3.05) is 20.5 Å². The molecule has 2 aromatic rings. The molecule has 0 saturated carbocycles. The van der Waals surface area contributed by atoms with Crippen LogP contribution in [0.5, 0.6) is 17.2 Å². The van der Waals surface area contributed by atoms with E-state index < -0.39 is 24.3 Å². The summed E-state index contributed by atoms with van der Waals surface area (Å²) in [6.45, 7) is 1.55. The van der Waals surface area contributed by atoms with Crippen LogP contribution in [0.3, 0.4) is 0 Å². The maximum atomic E-state index is 13.6. The molecular weight excluding hydrogens is 369 g/mol. The summed E-state index contributed by atoms with van der Waals surface area (Å²) in [5.74, 6) is -0.269. The largest absolute Gasteiger partial charge is 0.494 e. The van der Waals surface area contributed by atoms with Crippen LogP contribution in [0.2, 0.25) is 0 Å². The minimum atomic E-state index is -0.629. The molecule has 0 aromatic heterocycles. The number of carbonyl (C=O) groups is 2. The van der Waals surface area contributed by atoms with Crippen molar-refractivity contribution >= 4 is 11.9 Å². The molecule has 0 saturated heterocycles. The third kappa shape index (κ3) is 4.70. The van der Waals surface area contributed by atoms with E-state index in [1.807, 2.05) is 6.07 Å². The summed E-state index contributed by atoms with van der Waals surface area (Å²) >= 11 is 0. The normalized spacial score (nSPS) is 13.0. The van der Waals surface area contributed by atoms with Crippen molar-refractivity contribution in [2.45, 2.75) is 19.4 Å². The topological polar surface area (TPSA) is 83.1 Å². The van der Waals surface area contributed by atoms with E-state index in [2.05, 4.69) is 5.32 Å². The second kappa shape index (κ2) is 8.60. The van der Waals surface area contributed by atoms with Gasteiger partial charge in [-0.05, 0) is 42.3 Å². The lowest BCUT2D eigenvalue weighted by atomic mass is 10.1. The summed E-state index contributed by atoms with van der Waals surface area (Å²) in [5.41, 5.74) is 1.26. The van der Waals surface area contributed by atoms with Crippen molar-refractivity contribution in [2.24, 2.45) is 0 Å². The molecule has 0 fully saturated rings. The molecule has 2 aromatic carbocycles. The summed E-state index contributed by atoms with van der Waals surface area (Å²) < 4.78 is 34.0. The number of rotatable bonds is 7. The molecular formula is C20H20FNO6.